The molecule has 0 radical (unpaired) electrons. The zero-order chi connectivity index (χ0) is 20.1. The lowest BCUT2D eigenvalue weighted by Gasteiger charge is -2.11. The van der Waals surface area contributed by atoms with E-state index in [0.29, 0.717) is 23.2 Å². The predicted molar refractivity (Wildman–Crippen MR) is 105 cm³/mol. The minimum Gasteiger partial charge on any atom is -0.474 e. The van der Waals surface area contributed by atoms with Crippen LogP contribution in [0.1, 0.15) is 23.6 Å². The van der Waals surface area contributed by atoms with Crippen molar-refractivity contribution in [1.29, 1.82) is 0 Å². The predicted octanol–water partition coefficient (Wildman–Crippen LogP) is 2.99. The fraction of sp³-hybridized carbons (Fsp3) is 0.263. The number of ether oxygens (including phenoxy) is 1. The van der Waals surface area contributed by atoms with Crippen LogP contribution in [0, 0.1) is 6.92 Å². The van der Waals surface area contributed by atoms with Crippen molar-refractivity contribution >= 4 is 17.5 Å². The van der Waals surface area contributed by atoms with Crippen LogP contribution >= 0.6 is 11.6 Å². The molecular formula is C19H20ClN5O3. The van der Waals surface area contributed by atoms with E-state index < -0.39 is 0 Å². The molecule has 1 heterocycles. The number of hydrogen-bond donors (Lipinski definition) is 0. The zero-order valence-corrected chi connectivity index (χ0v) is 16.6. The molecule has 0 fully saturated rings. The molecule has 0 amide bonds. The number of hydrogen-bond acceptors (Lipinski definition) is 6. The third-order valence-corrected chi connectivity index (χ3v) is 4.31. The highest BCUT2D eigenvalue weighted by Gasteiger charge is 2.13. The smallest absolute Gasteiger partial charge is 0.368 e. The van der Waals surface area contributed by atoms with Crippen molar-refractivity contribution in [1.82, 2.24) is 19.8 Å². The van der Waals surface area contributed by atoms with Crippen molar-refractivity contribution in [2.24, 2.45) is 12.2 Å². The lowest BCUT2D eigenvalue weighted by molar-refractivity contribution is 0.117. The van der Waals surface area contributed by atoms with Crippen molar-refractivity contribution in [2.75, 3.05) is 0 Å². The van der Waals surface area contributed by atoms with Gasteiger partial charge in [0.05, 0.1) is 5.69 Å². The highest BCUT2D eigenvalue weighted by atomic mass is 35.5. The number of aromatic nitrogens is 4. The van der Waals surface area contributed by atoms with Crippen molar-refractivity contribution in [3.05, 3.63) is 74.7 Å². The summed E-state index contributed by atoms with van der Waals surface area (Å²) in [7, 11) is 1.54. The lowest BCUT2D eigenvalue weighted by Crippen LogP contribution is -2.23. The van der Waals surface area contributed by atoms with Crippen LogP contribution in [0.3, 0.4) is 0 Å². The van der Waals surface area contributed by atoms with E-state index in [9.17, 15) is 4.79 Å². The van der Waals surface area contributed by atoms with Gasteiger partial charge in [-0.15, -0.1) is 0 Å². The largest absolute Gasteiger partial charge is 0.474 e. The van der Waals surface area contributed by atoms with Gasteiger partial charge in [-0.05, 0) is 46.7 Å². The molecule has 0 saturated heterocycles. The van der Waals surface area contributed by atoms with Gasteiger partial charge in [-0.25, -0.2) is 4.79 Å². The molecular weight excluding hydrogens is 382 g/mol. The van der Waals surface area contributed by atoms with Crippen LogP contribution in [0.15, 0.2) is 52.4 Å². The average molecular weight is 402 g/mol. The number of nitrogens with zero attached hydrogens (tertiary/aromatic N) is 5. The molecule has 3 rings (SSSR count). The van der Waals surface area contributed by atoms with Crippen LogP contribution in [0.4, 0.5) is 0 Å². The van der Waals surface area contributed by atoms with Crippen molar-refractivity contribution in [3.63, 3.8) is 0 Å². The zero-order valence-electron chi connectivity index (χ0n) is 15.8. The summed E-state index contributed by atoms with van der Waals surface area (Å²) in [6.07, 6.45) is 0. The Labute approximate surface area is 166 Å². The Balaban J connectivity index is 1.68. The van der Waals surface area contributed by atoms with E-state index >= 15 is 0 Å². The van der Waals surface area contributed by atoms with Gasteiger partial charge in [-0.2, -0.15) is 9.36 Å². The molecule has 0 bridgehead atoms. The Morgan fingerprint density at radius 1 is 1.18 bits per heavy atom. The summed E-state index contributed by atoms with van der Waals surface area (Å²) in [5, 5.41) is 12.3. The summed E-state index contributed by atoms with van der Waals surface area (Å²) in [5.74, 6) is 0.381. The maximum Gasteiger partial charge on any atom is 0.368 e. The molecule has 3 aromatic rings. The van der Waals surface area contributed by atoms with E-state index in [4.69, 9.17) is 21.2 Å². The van der Waals surface area contributed by atoms with Crippen LogP contribution in [-0.4, -0.2) is 25.7 Å². The molecule has 0 aliphatic rings. The number of rotatable bonds is 6. The van der Waals surface area contributed by atoms with Gasteiger partial charge in [0.1, 0.15) is 13.2 Å². The van der Waals surface area contributed by atoms with Gasteiger partial charge in [0.15, 0.2) is 0 Å². The molecule has 28 heavy (non-hydrogen) atoms. The molecule has 0 N–H and O–H groups in total. The second kappa shape index (κ2) is 8.71. The van der Waals surface area contributed by atoms with Gasteiger partial charge >= 0.3 is 5.69 Å². The highest BCUT2D eigenvalue weighted by molar-refractivity contribution is 6.30. The maximum absolute atomic E-state index is 12.2. The Hall–Kier alpha value is -3.13. The summed E-state index contributed by atoms with van der Waals surface area (Å²) in [6.45, 7) is 4.12. The molecule has 0 spiro atoms. The molecule has 1 aromatic heterocycles. The van der Waals surface area contributed by atoms with Gasteiger partial charge in [-0.1, -0.05) is 41.0 Å². The number of benzene rings is 2. The molecule has 0 aliphatic heterocycles. The van der Waals surface area contributed by atoms with Crippen LogP contribution in [0.25, 0.3) is 5.69 Å². The Morgan fingerprint density at radius 2 is 1.96 bits per heavy atom. The van der Waals surface area contributed by atoms with Crippen molar-refractivity contribution < 1.29 is 9.57 Å². The van der Waals surface area contributed by atoms with E-state index in [1.54, 1.807) is 26.1 Å². The first-order valence-electron chi connectivity index (χ1n) is 8.57. The number of halogens is 1. The highest BCUT2D eigenvalue weighted by Crippen LogP contribution is 2.18. The standard InChI is InChI=1S/C19H20ClN5O3/c1-13-6-4-9-18(25-19(26)24(3)22-23-25)17(13)12-28-21-14(2)27-11-15-7-5-8-16(20)10-15/h4-10H,11-12H2,1-3H3/b21-14-. The number of tetrazole rings is 1. The molecule has 9 heteroatoms. The third kappa shape index (κ3) is 4.58. The van der Waals surface area contributed by atoms with E-state index in [1.807, 2.05) is 37.3 Å². The molecule has 146 valence electrons. The molecule has 2 aromatic carbocycles. The van der Waals surface area contributed by atoms with Crippen LogP contribution in [0.2, 0.25) is 5.02 Å². The number of oxime groups is 1. The summed E-state index contributed by atoms with van der Waals surface area (Å²) in [6, 6.07) is 13.0. The molecule has 0 aliphatic carbocycles. The summed E-state index contributed by atoms with van der Waals surface area (Å²) in [4.78, 5) is 17.6. The monoisotopic (exact) mass is 401 g/mol. The Morgan fingerprint density at radius 3 is 2.68 bits per heavy atom. The summed E-state index contributed by atoms with van der Waals surface area (Å²) < 4.78 is 7.97. The topological polar surface area (TPSA) is 83.5 Å². The fourth-order valence-corrected chi connectivity index (χ4v) is 2.78. The number of aryl methyl sites for hydroxylation is 2. The van der Waals surface area contributed by atoms with Gasteiger partial charge in [-0.3, -0.25) is 0 Å². The first kappa shape index (κ1) is 19.6. The van der Waals surface area contributed by atoms with E-state index in [1.165, 1.54) is 9.36 Å². The minimum atomic E-state index is -0.337. The third-order valence-electron chi connectivity index (χ3n) is 4.07. The molecule has 0 atom stereocenters. The lowest BCUT2D eigenvalue weighted by atomic mass is 10.1. The Kier molecular flexibility index (Phi) is 6.10. The van der Waals surface area contributed by atoms with E-state index in [0.717, 1.165) is 16.7 Å². The van der Waals surface area contributed by atoms with Crippen LogP contribution in [-0.2, 0) is 29.8 Å². The van der Waals surface area contributed by atoms with Crippen LogP contribution < -0.4 is 5.69 Å². The van der Waals surface area contributed by atoms with E-state index in [2.05, 4.69) is 15.6 Å². The maximum atomic E-state index is 12.2. The quantitative estimate of drug-likeness (QED) is 0.360. The average Bonchev–Trinajstić information content (AvgIpc) is 3.00. The Bertz CT molecular complexity index is 1060. The first-order chi connectivity index (χ1) is 13.5. The summed E-state index contributed by atoms with van der Waals surface area (Å²) in [5.41, 5.74) is 2.94. The van der Waals surface area contributed by atoms with Gasteiger partial charge in [0.2, 0.25) is 5.90 Å². The van der Waals surface area contributed by atoms with E-state index in [-0.39, 0.29) is 12.3 Å². The van der Waals surface area contributed by atoms with Crippen molar-refractivity contribution in [3.8, 4) is 5.69 Å². The molecule has 0 saturated carbocycles. The van der Waals surface area contributed by atoms with Gasteiger partial charge in [0, 0.05) is 24.6 Å². The second-order valence-electron chi connectivity index (χ2n) is 6.17. The molecule has 8 nitrogen and oxygen atoms in total. The SMILES string of the molecule is C/C(=N/OCc1c(C)cccc1-n1nnn(C)c1=O)OCc1cccc(Cl)c1. The fourth-order valence-electron chi connectivity index (χ4n) is 2.57. The molecule has 0 unspecified atom stereocenters. The normalized spacial score (nSPS) is 11.5. The summed E-state index contributed by atoms with van der Waals surface area (Å²) >= 11 is 5.96. The first-order valence-corrected chi connectivity index (χ1v) is 8.95. The van der Waals surface area contributed by atoms with Gasteiger partial charge < -0.3 is 9.57 Å². The minimum absolute atomic E-state index is 0.156. The second-order valence-corrected chi connectivity index (χ2v) is 6.61. The van der Waals surface area contributed by atoms with Gasteiger partial charge in [0.25, 0.3) is 0 Å². The van der Waals surface area contributed by atoms with Crippen molar-refractivity contribution in [2.45, 2.75) is 27.1 Å². The van der Waals surface area contributed by atoms with Crippen LogP contribution in [0.5, 0.6) is 0 Å².